The lowest BCUT2D eigenvalue weighted by molar-refractivity contribution is -0.157. The number of hydrogen-bond donors (Lipinski definition) is 5. The molecule has 48 heavy (non-hydrogen) atoms. The first-order chi connectivity index (χ1) is 21.9. The van der Waals surface area contributed by atoms with Gasteiger partial charge in [-0.1, -0.05) is 41.5 Å². The van der Waals surface area contributed by atoms with Gasteiger partial charge in [0.1, 0.15) is 47.7 Å². The van der Waals surface area contributed by atoms with Gasteiger partial charge in [0.25, 0.3) is 0 Å². The maximum Gasteiger partial charge on any atom is 0.248 e. The molecule has 0 bridgehead atoms. The Morgan fingerprint density at radius 2 is 0.833 bits per heavy atom. The molecule has 0 aliphatic carbocycles. The molecule has 3 rings (SSSR count). The highest BCUT2D eigenvalue weighted by Gasteiger charge is 2.56. The molecule has 5 N–H and O–H groups in total. The number of carbonyl (C=O) groups excluding carboxylic acids is 6. The zero-order valence-corrected chi connectivity index (χ0v) is 30.5. The standard InChI is InChI=1S/C33H56N6O9/c1-14(2)20-26(41)37-23(17(7)40)27(42)35-21(15(3)4)30(45)39-25(19(9)48-33(39,12)13)29(44)36-22(16(5)6)31(46)38-24(28(43)34-20)18(8)47-32(38,10)11/h14-25,40H,1-13H3,(H,34,43)(H,35,42)(H,36,44)(H,37,41)/t17-,18-,19-,20+,21+,22-,23+,24+,25+/m1/s1. The molecule has 0 saturated carbocycles. The Balaban J connectivity index is 2.23. The summed E-state index contributed by atoms with van der Waals surface area (Å²) in [4.78, 5) is 86.9. The second-order valence-corrected chi connectivity index (χ2v) is 15.3. The number of nitrogens with zero attached hydrogens (tertiary/aromatic N) is 2. The number of hydrogen-bond acceptors (Lipinski definition) is 9. The van der Waals surface area contributed by atoms with Crippen LogP contribution in [0.3, 0.4) is 0 Å². The monoisotopic (exact) mass is 680 g/mol. The average molecular weight is 681 g/mol. The maximum absolute atomic E-state index is 14.4. The van der Waals surface area contributed by atoms with Crippen molar-refractivity contribution in [1.82, 2.24) is 31.1 Å². The van der Waals surface area contributed by atoms with E-state index in [1.165, 1.54) is 16.7 Å². The molecule has 3 fully saturated rings. The van der Waals surface area contributed by atoms with Crippen LogP contribution >= 0.6 is 0 Å². The summed E-state index contributed by atoms with van der Waals surface area (Å²) in [6, 6.07) is -7.38. The van der Waals surface area contributed by atoms with Crippen LogP contribution in [-0.4, -0.2) is 116 Å². The summed E-state index contributed by atoms with van der Waals surface area (Å²) in [5, 5.41) is 21.4. The molecule has 0 aromatic heterocycles. The lowest BCUT2D eigenvalue weighted by atomic mass is 9.96. The minimum Gasteiger partial charge on any atom is -0.391 e. The van der Waals surface area contributed by atoms with Gasteiger partial charge in [0, 0.05) is 0 Å². The van der Waals surface area contributed by atoms with Gasteiger partial charge in [-0.2, -0.15) is 0 Å². The van der Waals surface area contributed by atoms with Crippen LogP contribution in [0.5, 0.6) is 0 Å². The Kier molecular flexibility index (Phi) is 11.6. The van der Waals surface area contributed by atoms with E-state index in [2.05, 4.69) is 21.3 Å². The van der Waals surface area contributed by atoms with Gasteiger partial charge >= 0.3 is 0 Å². The Bertz CT molecular complexity index is 1280. The van der Waals surface area contributed by atoms with E-state index in [0.29, 0.717) is 0 Å². The van der Waals surface area contributed by atoms with Crippen LogP contribution < -0.4 is 21.3 Å². The summed E-state index contributed by atoms with van der Waals surface area (Å²) in [5.74, 6) is -5.50. The van der Waals surface area contributed by atoms with Crippen LogP contribution in [0.25, 0.3) is 0 Å². The third-order valence-electron chi connectivity index (χ3n) is 9.34. The summed E-state index contributed by atoms with van der Waals surface area (Å²) in [6.07, 6.45) is -2.99. The van der Waals surface area contributed by atoms with Crippen molar-refractivity contribution < 1.29 is 43.3 Å². The van der Waals surface area contributed by atoms with E-state index in [0.717, 1.165) is 0 Å². The summed E-state index contributed by atoms with van der Waals surface area (Å²) >= 11 is 0. The van der Waals surface area contributed by atoms with Gasteiger partial charge in [-0.05, 0) is 66.2 Å². The largest absolute Gasteiger partial charge is 0.391 e. The average Bonchev–Trinajstić information content (AvgIpc) is 3.34. The van der Waals surface area contributed by atoms with Gasteiger partial charge in [-0.3, -0.25) is 38.6 Å². The van der Waals surface area contributed by atoms with Crippen LogP contribution in [0, 0.1) is 17.8 Å². The third kappa shape index (κ3) is 7.62. The molecule has 0 aromatic carbocycles. The lowest BCUT2D eigenvalue weighted by Gasteiger charge is -2.39. The molecule has 3 aliphatic rings. The molecule has 3 saturated heterocycles. The fraction of sp³-hybridized carbons (Fsp3) is 0.818. The highest BCUT2D eigenvalue weighted by Crippen LogP contribution is 2.36. The first-order valence-corrected chi connectivity index (χ1v) is 16.9. The topological polar surface area (TPSA) is 196 Å². The highest BCUT2D eigenvalue weighted by molar-refractivity contribution is 5.99. The van der Waals surface area contributed by atoms with E-state index in [9.17, 15) is 33.9 Å². The van der Waals surface area contributed by atoms with Gasteiger partial charge in [0.15, 0.2) is 0 Å². The van der Waals surface area contributed by atoms with Crippen LogP contribution in [0.15, 0.2) is 0 Å². The normalized spacial score (nSPS) is 34.3. The second-order valence-electron chi connectivity index (χ2n) is 15.3. The molecule has 0 unspecified atom stereocenters. The van der Waals surface area contributed by atoms with Crippen LogP contribution in [0.1, 0.15) is 90.0 Å². The van der Waals surface area contributed by atoms with Crippen molar-refractivity contribution >= 4 is 35.4 Å². The first-order valence-electron chi connectivity index (χ1n) is 16.9. The molecule has 9 atom stereocenters. The van der Waals surface area contributed by atoms with Crippen molar-refractivity contribution in [2.45, 2.75) is 156 Å². The molecule has 0 radical (unpaired) electrons. The number of aliphatic hydroxyl groups is 1. The first kappa shape index (κ1) is 39.1. The number of amides is 6. The number of carbonyl (C=O) groups is 6. The highest BCUT2D eigenvalue weighted by atomic mass is 16.5. The zero-order chi connectivity index (χ0) is 36.8. The van der Waals surface area contributed by atoms with E-state index in [1.807, 2.05) is 0 Å². The Hall–Kier alpha value is -3.30. The number of nitrogens with one attached hydrogen (secondary N) is 4. The fourth-order valence-corrected chi connectivity index (χ4v) is 6.94. The van der Waals surface area contributed by atoms with Crippen molar-refractivity contribution in [1.29, 1.82) is 0 Å². The molecule has 0 aromatic rings. The van der Waals surface area contributed by atoms with Crippen LogP contribution in [0.2, 0.25) is 0 Å². The third-order valence-corrected chi connectivity index (χ3v) is 9.34. The van der Waals surface area contributed by atoms with Gasteiger partial charge in [-0.25, -0.2) is 0 Å². The maximum atomic E-state index is 14.4. The molecule has 15 heteroatoms. The van der Waals surface area contributed by atoms with Crippen molar-refractivity contribution in [3.05, 3.63) is 0 Å². The molecule has 272 valence electrons. The molecular formula is C33H56N6O9. The number of ether oxygens (including phenoxy) is 2. The van der Waals surface area contributed by atoms with Crippen molar-refractivity contribution in [3.63, 3.8) is 0 Å². The van der Waals surface area contributed by atoms with Crippen LogP contribution in [-0.2, 0) is 38.2 Å². The Labute approximate surface area is 283 Å². The summed E-state index contributed by atoms with van der Waals surface area (Å²) in [6.45, 7) is 21.5. The van der Waals surface area contributed by atoms with Crippen molar-refractivity contribution in [2.24, 2.45) is 17.8 Å². The molecule has 3 heterocycles. The van der Waals surface area contributed by atoms with Crippen molar-refractivity contribution in [2.75, 3.05) is 0 Å². The van der Waals surface area contributed by atoms with E-state index < -0.39 is 119 Å². The zero-order valence-electron chi connectivity index (χ0n) is 30.5. The summed E-state index contributed by atoms with van der Waals surface area (Å²) in [7, 11) is 0. The smallest absolute Gasteiger partial charge is 0.248 e. The van der Waals surface area contributed by atoms with E-state index >= 15 is 0 Å². The quantitative estimate of drug-likeness (QED) is 0.271. The molecule has 15 nitrogen and oxygen atoms in total. The number of fused-ring (bicyclic) bond motifs is 2. The summed E-state index contributed by atoms with van der Waals surface area (Å²) < 4.78 is 12.2. The summed E-state index contributed by atoms with van der Waals surface area (Å²) in [5.41, 5.74) is -2.57. The lowest BCUT2D eigenvalue weighted by Crippen LogP contribution is -2.66. The van der Waals surface area contributed by atoms with Gasteiger partial charge in [0.2, 0.25) is 35.4 Å². The molecular weight excluding hydrogens is 624 g/mol. The molecule has 3 aliphatic heterocycles. The van der Waals surface area contributed by atoms with Gasteiger partial charge in [-0.15, -0.1) is 0 Å². The van der Waals surface area contributed by atoms with Crippen LogP contribution in [0.4, 0.5) is 0 Å². The SMILES string of the molecule is CC(C)[C@@H]1NC(=O)[C@@H]2[C@@H](C)OC(C)(C)N2C(=O)[C@@H](C(C)C)NC(=O)[C@@H]2[C@@H](C)OC(C)(C)N2C(=O)[C@H](C(C)C)NC(=O)[C@H]([C@@H](C)O)NC1=O. The van der Waals surface area contributed by atoms with Crippen molar-refractivity contribution in [3.8, 4) is 0 Å². The molecule has 0 spiro atoms. The van der Waals surface area contributed by atoms with Gasteiger partial charge < -0.3 is 35.8 Å². The van der Waals surface area contributed by atoms with Gasteiger partial charge in [0.05, 0.1) is 18.3 Å². The minimum atomic E-state index is -1.50. The van der Waals surface area contributed by atoms with E-state index in [1.54, 1.807) is 83.1 Å². The number of rotatable bonds is 4. The van der Waals surface area contributed by atoms with E-state index in [-0.39, 0.29) is 0 Å². The predicted octanol–water partition coefficient (Wildman–Crippen LogP) is -0.00800. The second kappa shape index (κ2) is 14.3. The fourth-order valence-electron chi connectivity index (χ4n) is 6.94. The van der Waals surface area contributed by atoms with E-state index in [4.69, 9.17) is 9.47 Å². The Morgan fingerprint density at radius 1 is 0.542 bits per heavy atom. The molecule has 6 amide bonds. The minimum absolute atomic E-state index is 0.452. The Morgan fingerprint density at radius 3 is 1.17 bits per heavy atom. The predicted molar refractivity (Wildman–Crippen MR) is 174 cm³/mol. The number of aliphatic hydroxyl groups excluding tert-OH is 1.